The number of hydrogen-bond acceptors (Lipinski definition) is 6. The van der Waals surface area contributed by atoms with E-state index in [0.29, 0.717) is 0 Å². The van der Waals surface area contributed by atoms with Gasteiger partial charge in [-0.1, -0.05) is 115 Å². The highest BCUT2D eigenvalue weighted by molar-refractivity contribution is 7.02. The number of fused-ring (bicyclic) bond motifs is 12. The third-order valence-corrected chi connectivity index (χ3v) is 14.6. The van der Waals surface area contributed by atoms with E-state index in [2.05, 4.69) is 174 Å². The lowest BCUT2D eigenvalue weighted by Gasteiger charge is -2.45. The van der Waals surface area contributed by atoms with E-state index >= 15 is 0 Å². The van der Waals surface area contributed by atoms with Gasteiger partial charge >= 0.3 is 0 Å². The van der Waals surface area contributed by atoms with Crippen LogP contribution in [0.2, 0.25) is 0 Å². The van der Waals surface area contributed by atoms with Crippen molar-refractivity contribution < 1.29 is 18.9 Å². The lowest BCUT2D eigenvalue weighted by Crippen LogP contribution is -2.64. The average molecular weight is 911 g/mol. The number of benzene rings is 11. The molecule has 0 N–H and O–H groups in total. The third kappa shape index (κ3) is 6.17. The first-order valence-electron chi connectivity index (χ1n) is 24.2. The van der Waals surface area contributed by atoms with E-state index in [-0.39, 0.29) is 13.4 Å². The molecule has 0 amide bonds. The molecule has 0 saturated carbocycles. The van der Waals surface area contributed by atoms with Crippen molar-refractivity contribution >= 4 is 102 Å². The molecule has 4 aliphatic heterocycles. The Kier molecular flexibility index (Phi) is 8.66. The summed E-state index contributed by atoms with van der Waals surface area (Å²) in [7, 11) is 0. The van der Waals surface area contributed by atoms with Gasteiger partial charge in [-0.15, -0.1) is 0 Å². The highest BCUT2D eigenvalue weighted by Crippen LogP contribution is 2.49. The Labute approximate surface area is 411 Å². The summed E-state index contributed by atoms with van der Waals surface area (Å²) in [5.74, 6) is 6.33. The maximum Gasteiger partial charge on any atom is 0.260 e. The fourth-order valence-electron chi connectivity index (χ4n) is 11.6. The second-order valence-corrected chi connectivity index (χ2v) is 18.8. The van der Waals surface area contributed by atoms with Crippen molar-refractivity contribution in [1.29, 1.82) is 0 Å². The Morgan fingerprint density at radius 3 is 1.70 bits per heavy atom. The predicted octanol–water partition coefficient (Wildman–Crippen LogP) is 12.7. The quantitative estimate of drug-likeness (QED) is 0.155. The predicted molar refractivity (Wildman–Crippen MR) is 291 cm³/mol. The maximum atomic E-state index is 7.40. The molecule has 11 aromatic carbocycles. The zero-order valence-corrected chi connectivity index (χ0v) is 38.5. The van der Waals surface area contributed by atoms with Crippen molar-refractivity contribution in [2.75, 3.05) is 9.80 Å². The van der Waals surface area contributed by atoms with Gasteiger partial charge in [0.1, 0.15) is 46.0 Å². The molecular weight excluding hydrogens is 870 g/mol. The Bertz CT molecular complexity index is 3980. The summed E-state index contributed by atoms with van der Waals surface area (Å²) in [5, 5.41) is 4.16. The molecule has 15 rings (SSSR count). The van der Waals surface area contributed by atoms with Crippen LogP contribution < -0.4 is 61.5 Å². The number of nitrogens with zero attached hydrogens (tertiary/aromatic N) is 2. The van der Waals surface area contributed by atoms with Crippen molar-refractivity contribution in [2.45, 2.75) is 6.92 Å². The number of aryl methyl sites for hydroxylation is 1. The molecule has 0 bridgehead atoms. The van der Waals surface area contributed by atoms with Gasteiger partial charge in [0.15, 0.2) is 0 Å². The standard InChI is InChI=1S/C63H40B2N2O4/c1-39-25-27-43(28-26-39)66-54-23-13-11-21-50(54)64-52-37-53-58(71-63-49-32-30-47(69-45-19-9-4-10-20-45)34-41(49)36-59-61(63)65(53)51-22-12-14-24-57(51)70-59)38-55(52)67(42-15-5-2-6-16-42)62-48-31-29-46(68-44-17-7-3-8-18-44)33-40(48)35-56(66)60(62)64/h2-38H,1H3. The van der Waals surface area contributed by atoms with E-state index in [4.69, 9.17) is 18.9 Å². The van der Waals surface area contributed by atoms with Crippen LogP contribution in [-0.2, 0) is 0 Å². The molecule has 332 valence electrons. The van der Waals surface area contributed by atoms with Gasteiger partial charge in [0.25, 0.3) is 13.4 Å². The highest BCUT2D eigenvalue weighted by atomic mass is 16.5. The summed E-state index contributed by atoms with van der Waals surface area (Å²) in [5.41, 5.74) is 14.8. The van der Waals surface area contributed by atoms with E-state index in [0.717, 1.165) is 118 Å². The average Bonchev–Trinajstić information content (AvgIpc) is 3.41. The summed E-state index contributed by atoms with van der Waals surface area (Å²) in [6.45, 7) is 1.86. The van der Waals surface area contributed by atoms with Crippen molar-refractivity contribution in [3.05, 3.63) is 230 Å². The Morgan fingerprint density at radius 1 is 0.366 bits per heavy atom. The smallest absolute Gasteiger partial charge is 0.260 e. The van der Waals surface area contributed by atoms with Crippen molar-refractivity contribution in [2.24, 2.45) is 0 Å². The first-order chi connectivity index (χ1) is 35.1. The van der Waals surface area contributed by atoms with Crippen molar-refractivity contribution in [1.82, 2.24) is 0 Å². The van der Waals surface area contributed by atoms with Gasteiger partial charge in [-0.3, -0.25) is 0 Å². The van der Waals surface area contributed by atoms with Crippen molar-refractivity contribution in [3.8, 4) is 46.0 Å². The van der Waals surface area contributed by atoms with Crippen LogP contribution in [0.4, 0.5) is 34.1 Å². The molecule has 0 spiro atoms. The van der Waals surface area contributed by atoms with Crippen molar-refractivity contribution in [3.63, 3.8) is 0 Å². The molecule has 0 unspecified atom stereocenters. The Hall–Kier alpha value is -9.13. The summed E-state index contributed by atoms with van der Waals surface area (Å²) in [6, 6.07) is 79.1. The fraction of sp³-hybridized carbons (Fsp3) is 0.0159. The summed E-state index contributed by atoms with van der Waals surface area (Å²) in [4.78, 5) is 4.94. The second kappa shape index (κ2) is 15.4. The van der Waals surface area contributed by atoms with Crippen LogP contribution in [0.25, 0.3) is 21.5 Å². The first-order valence-corrected chi connectivity index (χ1v) is 24.2. The van der Waals surface area contributed by atoms with Gasteiger partial charge in [0.2, 0.25) is 0 Å². The molecule has 0 saturated heterocycles. The van der Waals surface area contributed by atoms with Gasteiger partial charge in [-0.25, -0.2) is 0 Å². The molecule has 11 aromatic rings. The number of anilines is 6. The molecule has 0 aliphatic carbocycles. The molecule has 0 radical (unpaired) electrons. The van der Waals surface area contributed by atoms with Gasteiger partial charge in [-0.05, 0) is 154 Å². The Morgan fingerprint density at radius 2 is 0.972 bits per heavy atom. The van der Waals surface area contributed by atoms with Crippen LogP contribution in [0.5, 0.6) is 46.0 Å². The number of rotatable bonds is 6. The molecule has 0 atom stereocenters. The molecule has 4 heterocycles. The minimum absolute atomic E-state index is 0.126. The highest BCUT2D eigenvalue weighted by Gasteiger charge is 2.47. The monoisotopic (exact) mass is 910 g/mol. The zero-order valence-electron chi connectivity index (χ0n) is 38.5. The first kappa shape index (κ1) is 39.8. The van der Waals surface area contributed by atoms with E-state index in [1.54, 1.807) is 0 Å². The zero-order chi connectivity index (χ0) is 46.7. The minimum Gasteiger partial charge on any atom is -0.458 e. The Balaban J connectivity index is 0.999. The largest absolute Gasteiger partial charge is 0.458 e. The van der Waals surface area contributed by atoms with Gasteiger partial charge in [0.05, 0.1) is 5.69 Å². The molecule has 0 aromatic heterocycles. The lowest BCUT2D eigenvalue weighted by molar-refractivity contribution is 0.468. The molecular formula is C63H40B2N2O4. The van der Waals surface area contributed by atoms with Crippen LogP contribution in [0.3, 0.4) is 0 Å². The normalized spacial score (nSPS) is 13.3. The number of ether oxygens (including phenoxy) is 4. The van der Waals surface area contributed by atoms with E-state index in [9.17, 15) is 0 Å². The molecule has 6 nitrogen and oxygen atoms in total. The van der Waals surface area contributed by atoms with Gasteiger partial charge in [0, 0.05) is 50.7 Å². The minimum atomic E-state index is -0.155. The summed E-state index contributed by atoms with van der Waals surface area (Å²) >= 11 is 0. The fourth-order valence-corrected chi connectivity index (χ4v) is 11.6. The summed E-state index contributed by atoms with van der Waals surface area (Å²) < 4.78 is 27.2. The molecule has 8 heteroatoms. The van der Waals surface area contributed by atoms with Crippen LogP contribution in [0, 0.1) is 6.92 Å². The van der Waals surface area contributed by atoms with Crippen LogP contribution in [0.1, 0.15) is 5.56 Å². The number of hydrogen-bond donors (Lipinski definition) is 0. The summed E-state index contributed by atoms with van der Waals surface area (Å²) in [6.07, 6.45) is 0. The second-order valence-electron chi connectivity index (χ2n) is 18.8. The van der Waals surface area contributed by atoms with E-state index < -0.39 is 0 Å². The third-order valence-electron chi connectivity index (χ3n) is 14.6. The van der Waals surface area contributed by atoms with Crippen LogP contribution >= 0.6 is 0 Å². The van der Waals surface area contributed by atoms with Gasteiger partial charge < -0.3 is 28.7 Å². The lowest BCUT2D eigenvalue weighted by atomic mass is 9.30. The van der Waals surface area contributed by atoms with E-state index in [1.807, 2.05) is 66.7 Å². The van der Waals surface area contributed by atoms with E-state index in [1.165, 1.54) is 22.0 Å². The molecule has 0 fully saturated rings. The van der Waals surface area contributed by atoms with Gasteiger partial charge in [-0.2, -0.15) is 0 Å². The topological polar surface area (TPSA) is 43.4 Å². The SMILES string of the molecule is Cc1ccc(N2c3ccccc3B3c4cc5c(cc4N(c4ccccc4)c4c3c2cc2cc(Oc3ccccc3)ccc42)Oc2c3c(cc4cc(Oc6ccccc6)ccc24)Oc2ccccc2B53)cc1. The van der Waals surface area contributed by atoms with Crippen LogP contribution in [0.15, 0.2) is 224 Å². The molecule has 71 heavy (non-hydrogen) atoms. The number of para-hydroxylation sites is 5. The molecule has 4 aliphatic rings. The maximum absolute atomic E-state index is 7.40. The van der Waals surface area contributed by atoms with Crippen LogP contribution in [-0.4, -0.2) is 13.4 Å².